The second-order valence-corrected chi connectivity index (χ2v) is 0.598. The molecule has 0 radical (unpaired) electrons. The number of hydrogen-bond donors (Lipinski definition) is 0. The van der Waals surface area contributed by atoms with Gasteiger partial charge in [0.1, 0.15) is 0 Å². The Morgan fingerprint density at radius 2 is 1.75 bits per heavy atom. The third-order valence-corrected chi connectivity index (χ3v) is 0. The van der Waals surface area contributed by atoms with Gasteiger partial charge in [-0.1, -0.05) is 0 Å². The normalized spacial score (nSPS) is 3.25. The average molecular weight is 368 g/mol. The van der Waals surface area contributed by atoms with Gasteiger partial charge in [0, 0.05) is 0 Å². The minimum atomic E-state index is 0. The molecule has 0 rings (SSSR count). The summed E-state index contributed by atoms with van der Waals surface area (Å²) in [5, 5.41) is 0. The van der Waals surface area contributed by atoms with Crippen LogP contribution in [0, 0.1) is 0 Å². The Morgan fingerprint density at radius 1 is 1.75 bits per heavy atom. The molecule has 0 heterocycles. The van der Waals surface area contributed by atoms with Crippen LogP contribution in [-0.4, -0.2) is 30.5 Å². The van der Waals surface area contributed by atoms with Gasteiger partial charge in [-0.25, -0.2) is 0 Å². The molecule has 0 unspecified atom stereocenters. The minimum absolute atomic E-state index is 0. The molecule has 0 atom stereocenters. The van der Waals surface area contributed by atoms with Crippen molar-refractivity contribution in [3.8, 4) is 0 Å². The van der Waals surface area contributed by atoms with E-state index in [2.05, 4.69) is 0 Å². The molecular weight excluding hydrogens is 364 g/mol. The molecule has 26 valence electrons. The molecule has 0 bridgehead atoms. The van der Waals surface area contributed by atoms with Crippen molar-refractivity contribution in [1.29, 1.82) is 0 Å². The predicted octanol–water partition coefficient (Wildman–Crippen LogP) is -0.572. The molecule has 1 nitrogen and oxygen atoms in total. The summed E-state index contributed by atoms with van der Waals surface area (Å²) in [5.74, 6) is 0. The van der Waals surface area contributed by atoms with Crippen LogP contribution >= 0.6 is 22.6 Å². The Kier molecular flexibility index (Phi) is 19.9. The van der Waals surface area contributed by atoms with Crippen molar-refractivity contribution in [2.45, 2.75) is 0 Å². The Bertz CT molecular complexity index is 15.5. The standard InChI is InChI=1S/CHIO.Bi.3H/c2-1-3;;;;/h1H;;;;. The number of carbonyl (C=O) groups excluding carboxylic acids is 1. The fourth-order valence-electron chi connectivity index (χ4n) is 0. The third kappa shape index (κ3) is 10.4. The van der Waals surface area contributed by atoms with E-state index in [1.54, 1.807) is 22.6 Å². The predicted molar refractivity (Wildman–Crippen MR) is 30.7 cm³/mol. The van der Waals surface area contributed by atoms with Crippen LogP contribution in [0.1, 0.15) is 0 Å². The molecule has 0 N–H and O–H groups in total. The fraction of sp³-hybridized carbons (Fsp3) is 0. The molecule has 0 aromatic heterocycles. The third-order valence-electron chi connectivity index (χ3n) is 0. The molecule has 4 heavy (non-hydrogen) atoms. The van der Waals surface area contributed by atoms with E-state index in [9.17, 15) is 0 Å². The van der Waals surface area contributed by atoms with Gasteiger partial charge in [-0.05, 0) is 22.6 Å². The van der Waals surface area contributed by atoms with Crippen molar-refractivity contribution < 1.29 is 4.79 Å². The molecule has 0 aromatic carbocycles. The van der Waals surface area contributed by atoms with E-state index < -0.39 is 0 Å². The second-order valence-electron chi connectivity index (χ2n) is 0.0891. The van der Waals surface area contributed by atoms with Crippen LogP contribution in [0.15, 0.2) is 0 Å². The zero-order valence-electron chi connectivity index (χ0n) is 2.07. The van der Waals surface area contributed by atoms with E-state index in [0.29, 0.717) is 0 Å². The number of rotatable bonds is 0. The van der Waals surface area contributed by atoms with Gasteiger partial charge in [0.05, 0.1) is 0 Å². The van der Waals surface area contributed by atoms with Gasteiger partial charge in [-0.2, -0.15) is 0 Å². The molecule has 0 aliphatic heterocycles. The Morgan fingerprint density at radius 3 is 1.75 bits per heavy atom. The molecule has 0 saturated carbocycles. The topological polar surface area (TPSA) is 17.1 Å². The molecule has 0 amide bonds. The van der Waals surface area contributed by atoms with Gasteiger partial charge in [0.25, 0.3) is 0 Å². The molecule has 0 aliphatic rings. The molecule has 3 heteroatoms. The second kappa shape index (κ2) is 8.86. The summed E-state index contributed by atoms with van der Waals surface area (Å²) in [5.41, 5.74) is 0. The van der Waals surface area contributed by atoms with E-state index in [1.807, 2.05) is 0 Å². The molecular formula is CH4BiIO. The molecule has 0 aliphatic carbocycles. The summed E-state index contributed by atoms with van der Waals surface area (Å²) in [7, 11) is 0. The Labute approximate surface area is 57.4 Å². The van der Waals surface area contributed by atoms with Crippen LogP contribution < -0.4 is 0 Å². The van der Waals surface area contributed by atoms with Crippen LogP contribution in [0.3, 0.4) is 0 Å². The van der Waals surface area contributed by atoms with Gasteiger partial charge in [-0.3, -0.25) is 4.79 Å². The summed E-state index contributed by atoms with van der Waals surface area (Å²) < 4.78 is 0.720. The SMILES string of the molecule is O=CI.[BiH3]. The molecule has 0 saturated heterocycles. The van der Waals surface area contributed by atoms with Crippen LogP contribution in [-0.2, 0) is 4.79 Å². The summed E-state index contributed by atoms with van der Waals surface area (Å²) in [6.45, 7) is 0. The van der Waals surface area contributed by atoms with Gasteiger partial charge in [-0.15, -0.1) is 0 Å². The van der Waals surface area contributed by atoms with Crippen molar-refractivity contribution in [1.82, 2.24) is 0 Å². The molecule has 0 aromatic rings. The van der Waals surface area contributed by atoms with E-state index in [1.165, 1.54) is 0 Å². The van der Waals surface area contributed by atoms with Gasteiger partial charge >= 0.3 is 26.2 Å². The fourth-order valence-corrected chi connectivity index (χ4v) is 0. The average Bonchev–Trinajstić information content (AvgIpc) is 0.918. The first-order valence-corrected chi connectivity index (χ1v) is 1.70. The van der Waals surface area contributed by atoms with Crippen molar-refractivity contribution in [2.75, 3.05) is 0 Å². The van der Waals surface area contributed by atoms with Crippen molar-refractivity contribution in [3.63, 3.8) is 0 Å². The van der Waals surface area contributed by atoms with Crippen molar-refractivity contribution in [2.24, 2.45) is 0 Å². The van der Waals surface area contributed by atoms with Crippen LogP contribution in [0.2, 0.25) is 0 Å². The molecule has 0 fully saturated rings. The van der Waals surface area contributed by atoms with E-state index in [0.717, 1.165) is 4.29 Å². The van der Waals surface area contributed by atoms with E-state index in [4.69, 9.17) is 4.79 Å². The zero-order valence-corrected chi connectivity index (χ0v) is 9.73. The maximum absolute atomic E-state index is 8.79. The van der Waals surface area contributed by atoms with Gasteiger partial charge in [0.2, 0.25) is 0 Å². The zero-order chi connectivity index (χ0) is 2.71. The first-order valence-electron chi connectivity index (χ1n) is 0.454. The Hall–Kier alpha value is 1.28. The Balaban J connectivity index is 0. The van der Waals surface area contributed by atoms with Crippen LogP contribution in [0.25, 0.3) is 0 Å². The van der Waals surface area contributed by atoms with E-state index in [-0.39, 0.29) is 26.2 Å². The van der Waals surface area contributed by atoms with E-state index >= 15 is 0 Å². The van der Waals surface area contributed by atoms with Gasteiger partial charge < -0.3 is 0 Å². The monoisotopic (exact) mass is 368 g/mol. The number of halogens is 1. The first-order chi connectivity index (χ1) is 1.41. The summed E-state index contributed by atoms with van der Waals surface area (Å²) in [6, 6.07) is 0. The first kappa shape index (κ1) is 8.99. The van der Waals surface area contributed by atoms with Crippen molar-refractivity contribution in [3.05, 3.63) is 0 Å². The summed E-state index contributed by atoms with van der Waals surface area (Å²) >= 11 is 1.61. The maximum atomic E-state index is 8.79. The summed E-state index contributed by atoms with van der Waals surface area (Å²) in [6.07, 6.45) is 0. The van der Waals surface area contributed by atoms with Crippen LogP contribution in [0.4, 0.5) is 0 Å². The number of carbonyl (C=O) groups is 1. The molecule has 0 spiro atoms. The van der Waals surface area contributed by atoms with Crippen LogP contribution in [0.5, 0.6) is 0 Å². The summed E-state index contributed by atoms with van der Waals surface area (Å²) in [4.78, 5) is 8.79. The van der Waals surface area contributed by atoms with Gasteiger partial charge in [0.15, 0.2) is 4.29 Å². The van der Waals surface area contributed by atoms with Crippen molar-refractivity contribution >= 4 is 53.1 Å². The number of hydrogen-bond acceptors (Lipinski definition) is 1. The quantitative estimate of drug-likeness (QED) is 0.242.